The average Bonchev–Trinajstić information content (AvgIpc) is 3.60. The molecule has 2 saturated carbocycles. The molecule has 4 N–H and O–H groups in total. The first-order chi connectivity index (χ1) is 18.6. The fourth-order valence-corrected chi connectivity index (χ4v) is 6.16. The van der Waals surface area contributed by atoms with Crippen molar-refractivity contribution in [2.45, 2.75) is 101 Å². The van der Waals surface area contributed by atoms with Gasteiger partial charge in [0.1, 0.15) is 18.5 Å². The smallest absolute Gasteiger partial charge is 0.320 e. The number of imidazole rings is 1. The Hall–Kier alpha value is -2.87. The Bertz CT molecular complexity index is 1160. The molecule has 2 aliphatic carbocycles. The second-order valence-corrected chi connectivity index (χ2v) is 10.6. The molecule has 4 atom stereocenters. The van der Waals surface area contributed by atoms with E-state index in [-0.39, 0.29) is 31.1 Å². The van der Waals surface area contributed by atoms with Gasteiger partial charge in [-0.05, 0) is 25.7 Å². The van der Waals surface area contributed by atoms with Crippen LogP contribution in [-0.4, -0.2) is 79.9 Å². The fourth-order valence-electron chi connectivity index (χ4n) is 6.16. The molecular weight excluding hydrogens is 494 g/mol. The van der Waals surface area contributed by atoms with Gasteiger partial charge in [-0.2, -0.15) is 0 Å². The molecule has 1 unspecified atom stereocenters. The third kappa shape index (κ3) is 4.83. The van der Waals surface area contributed by atoms with Gasteiger partial charge in [-0.3, -0.25) is 14.7 Å². The quantitative estimate of drug-likeness (QED) is 0.437. The zero-order valence-corrected chi connectivity index (χ0v) is 21.3. The summed E-state index contributed by atoms with van der Waals surface area (Å²) < 4.78 is 20.9. The summed E-state index contributed by atoms with van der Waals surface area (Å²) in [5, 5.41) is 17.7. The number of carbonyl (C=O) groups is 2. The highest BCUT2D eigenvalue weighted by atomic mass is 16.8. The van der Waals surface area contributed by atoms with E-state index in [9.17, 15) is 14.7 Å². The lowest BCUT2D eigenvalue weighted by molar-refractivity contribution is -0.229. The number of ether oxygens (including phenoxy) is 3. The number of carbonyl (C=O) groups excluding carboxylic acids is 2. The van der Waals surface area contributed by atoms with E-state index in [4.69, 9.17) is 14.2 Å². The molecule has 4 heterocycles. The Labute approximate surface area is 220 Å². The molecule has 0 bridgehead atoms. The fraction of sp³-hybridized carbons (Fsp3) is 0.720. The molecule has 4 fully saturated rings. The molecule has 2 aromatic rings. The Morgan fingerprint density at radius 3 is 2.58 bits per heavy atom. The Morgan fingerprint density at radius 1 is 1.03 bits per heavy atom. The standard InChI is InChI=1S/C25H35N7O6/c33-12-11-26-22(34)18-17-19(38-25(37-17)9-5-2-6-10-25)23(36-18)32-14-29-16-20(27-13-28-21(16)32)31-24(35)30-15-7-3-1-4-8-15/h13-15,17-19,23,33H,1-12H2,(H,26,34)(H2,27,28,30,31,35)/t17?,18-,19-,23+/m0/s1. The molecule has 2 saturated heterocycles. The zero-order chi connectivity index (χ0) is 26.1. The molecule has 0 radical (unpaired) electrons. The van der Waals surface area contributed by atoms with Gasteiger partial charge < -0.3 is 30.0 Å². The summed E-state index contributed by atoms with van der Waals surface area (Å²) in [6, 6.07) is -0.168. The number of amides is 3. The highest BCUT2D eigenvalue weighted by Gasteiger charge is 2.60. The van der Waals surface area contributed by atoms with Crippen LogP contribution in [0.5, 0.6) is 0 Å². The lowest BCUT2D eigenvalue weighted by Gasteiger charge is -2.34. The molecule has 2 aromatic heterocycles. The largest absolute Gasteiger partial charge is 0.395 e. The molecule has 6 rings (SSSR count). The first-order valence-electron chi connectivity index (χ1n) is 13.7. The van der Waals surface area contributed by atoms with E-state index in [1.165, 1.54) is 12.7 Å². The number of urea groups is 1. The maximum absolute atomic E-state index is 12.9. The number of aliphatic hydroxyl groups excluding tert-OH is 1. The number of nitrogens with zero attached hydrogens (tertiary/aromatic N) is 4. The predicted octanol–water partition coefficient (Wildman–Crippen LogP) is 1.73. The molecule has 13 nitrogen and oxygen atoms in total. The van der Waals surface area contributed by atoms with Crippen molar-refractivity contribution in [1.29, 1.82) is 0 Å². The molecule has 38 heavy (non-hydrogen) atoms. The molecule has 2 aliphatic heterocycles. The van der Waals surface area contributed by atoms with Crippen molar-refractivity contribution in [3.05, 3.63) is 12.7 Å². The first-order valence-corrected chi connectivity index (χ1v) is 13.7. The van der Waals surface area contributed by atoms with Gasteiger partial charge in [-0.25, -0.2) is 19.7 Å². The van der Waals surface area contributed by atoms with Crippen molar-refractivity contribution in [3.8, 4) is 0 Å². The average molecular weight is 530 g/mol. The third-order valence-corrected chi connectivity index (χ3v) is 7.98. The van der Waals surface area contributed by atoms with E-state index in [0.717, 1.165) is 57.8 Å². The number of rotatable bonds is 6. The Morgan fingerprint density at radius 2 is 1.79 bits per heavy atom. The second-order valence-electron chi connectivity index (χ2n) is 10.6. The van der Waals surface area contributed by atoms with Crippen LogP contribution in [0.3, 0.4) is 0 Å². The highest BCUT2D eigenvalue weighted by Crippen LogP contribution is 2.49. The van der Waals surface area contributed by atoms with Crippen LogP contribution in [0.2, 0.25) is 0 Å². The van der Waals surface area contributed by atoms with Gasteiger partial charge >= 0.3 is 6.03 Å². The summed E-state index contributed by atoms with van der Waals surface area (Å²) >= 11 is 0. The van der Waals surface area contributed by atoms with Gasteiger partial charge in [0.15, 0.2) is 35.1 Å². The van der Waals surface area contributed by atoms with Crippen molar-refractivity contribution < 1.29 is 28.9 Å². The van der Waals surface area contributed by atoms with Crippen LogP contribution in [-0.2, 0) is 19.0 Å². The number of fused-ring (bicyclic) bond motifs is 2. The van der Waals surface area contributed by atoms with Crippen LogP contribution in [0, 0.1) is 0 Å². The van der Waals surface area contributed by atoms with Gasteiger partial charge in [-0.1, -0.05) is 25.7 Å². The van der Waals surface area contributed by atoms with Crippen molar-refractivity contribution in [2.75, 3.05) is 18.5 Å². The predicted molar refractivity (Wildman–Crippen MR) is 134 cm³/mol. The molecule has 3 amide bonds. The topological polar surface area (TPSA) is 162 Å². The number of aliphatic hydroxyl groups is 1. The van der Waals surface area contributed by atoms with E-state index >= 15 is 0 Å². The van der Waals surface area contributed by atoms with E-state index in [1.54, 1.807) is 10.9 Å². The summed E-state index contributed by atoms with van der Waals surface area (Å²) in [5.74, 6) is -0.810. The van der Waals surface area contributed by atoms with E-state index < -0.39 is 30.3 Å². The number of anilines is 1. The molecule has 0 aromatic carbocycles. The second kappa shape index (κ2) is 10.7. The summed E-state index contributed by atoms with van der Waals surface area (Å²) in [5.41, 5.74) is 0.854. The molecule has 1 spiro atoms. The summed E-state index contributed by atoms with van der Waals surface area (Å²) in [4.78, 5) is 38.8. The van der Waals surface area contributed by atoms with Crippen molar-refractivity contribution in [3.63, 3.8) is 0 Å². The van der Waals surface area contributed by atoms with Crippen LogP contribution in [0.25, 0.3) is 11.2 Å². The maximum Gasteiger partial charge on any atom is 0.320 e. The summed E-state index contributed by atoms with van der Waals surface area (Å²) in [7, 11) is 0. The van der Waals surface area contributed by atoms with Gasteiger partial charge in [0, 0.05) is 25.4 Å². The number of hydrogen-bond donors (Lipinski definition) is 4. The van der Waals surface area contributed by atoms with Crippen LogP contribution in [0.1, 0.15) is 70.4 Å². The maximum atomic E-state index is 12.9. The minimum Gasteiger partial charge on any atom is -0.395 e. The van der Waals surface area contributed by atoms with Crippen LogP contribution in [0.15, 0.2) is 12.7 Å². The normalized spacial score (nSPS) is 28.9. The first kappa shape index (κ1) is 25.4. The van der Waals surface area contributed by atoms with Gasteiger partial charge in [0.2, 0.25) is 0 Å². The van der Waals surface area contributed by atoms with Crippen molar-refractivity contribution in [2.24, 2.45) is 0 Å². The molecular formula is C25H35N7O6. The minimum atomic E-state index is -0.920. The Balaban J connectivity index is 1.25. The van der Waals surface area contributed by atoms with Crippen molar-refractivity contribution >= 4 is 28.9 Å². The van der Waals surface area contributed by atoms with E-state index in [0.29, 0.717) is 17.0 Å². The van der Waals surface area contributed by atoms with Crippen LogP contribution in [0.4, 0.5) is 10.6 Å². The lowest BCUT2D eigenvalue weighted by atomic mass is 9.94. The minimum absolute atomic E-state index is 0.117. The van der Waals surface area contributed by atoms with E-state index in [1.807, 2.05) is 0 Å². The SMILES string of the molecule is O=C(Nc1ncnc2c1ncn2[C@@H]1O[C@H](C(=O)NCCO)C2OC3(CCCCC3)O[C@@H]21)NC1CCCCC1. The number of nitrogens with one attached hydrogen (secondary N) is 3. The van der Waals surface area contributed by atoms with Gasteiger partial charge in [0.05, 0.1) is 12.9 Å². The van der Waals surface area contributed by atoms with Gasteiger partial charge in [-0.15, -0.1) is 0 Å². The van der Waals surface area contributed by atoms with Crippen LogP contribution < -0.4 is 16.0 Å². The molecule has 13 heteroatoms. The lowest BCUT2D eigenvalue weighted by Crippen LogP contribution is -2.44. The zero-order valence-electron chi connectivity index (χ0n) is 21.3. The number of aromatic nitrogens is 4. The third-order valence-electron chi connectivity index (χ3n) is 7.98. The van der Waals surface area contributed by atoms with E-state index in [2.05, 4.69) is 30.9 Å². The summed E-state index contributed by atoms with van der Waals surface area (Å²) in [6.07, 6.45) is 10.1. The molecule has 4 aliphatic rings. The van der Waals surface area contributed by atoms with Crippen LogP contribution >= 0.6 is 0 Å². The number of hydrogen-bond acceptors (Lipinski definition) is 9. The highest BCUT2D eigenvalue weighted by molar-refractivity contribution is 5.96. The Kier molecular flexibility index (Phi) is 7.16. The summed E-state index contributed by atoms with van der Waals surface area (Å²) in [6.45, 7) is -0.0591. The van der Waals surface area contributed by atoms with Gasteiger partial charge in [0.25, 0.3) is 5.91 Å². The monoisotopic (exact) mass is 529 g/mol. The van der Waals surface area contributed by atoms with Crippen molar-refractivity contribution in [1.82, 2.24) is 30.2 Å². The molecule has 206 valence electrons.